The summed E-state index contributed by atoms with van der Waals surface area (Å²) in [6.45, 7) is 22.6. The number of aromatic nitrogens is 2. The van der Waals surface area contributed by atoms with Gasteiger partial charge >= 0.3 is 13.5 Å². The van der Waals surface area contributed by atoms with Crippen molar-refractivity contribution in [3.05, 3.63) is 55.9 Å². The van der Waals surface area contributed by atoms with E-state index in [2.05, 4.69) is 20.7 Å². The molecule has 1 aliphatic heterocycles. The van der Waals surface area contributed by atoms with Gasteiger partial charge in [0, 0.05) is 31.5 Å². The lowest BCUT2D eigenvalue weighted by atomic mass is 9.93. The molecule has 0 bridgehead atoms. The van der Waals surface area contributed by atoms with Gasteiger partial charge < -0.3 is 28.2 Å². The van der Waals surface area contributed by atoms with Gasteiger partial charge in [-0.1, -0.05) is 6.92 Å². The number of methoxy groups -OCH3 is 1. The van der Waals surface area contributed by atoms with E-state index in [0.29, 0.717) is 0 Å². The van der Waals surface area contributed by atoms with Crippen LogP contribution in [0.3, 0.4) is 0 Å². The zero-order valence-corrected chi connectivity index (χ0v) is 28.2. The molecule has 0 aromatic carbocycles. The Kier molecular flexibility index (Phi) is 16.0. The lowest BCUT2D eigenvalue weighted by Gasteiger charge is -2.40. The van der Waals surface area contributed by atoms with Crippen molar-refractivity contribution in [3.8, 4) is 6.07 Å². The highest BCUT2D eigenvalue weighted by Crippen LogP contribution is 2.56. The number of nitriles is 1. The Morgan fingerprint density at radius 1 is 1.16 bits per heavy atom. The first-order valence-corrected chi connectivity index (χ1v) is 17.0. The maximum atomic E-state index is 13.6. The number of rotatable bonds is 20. The number of ether oxygens (including phenoxy) is 2. The summed E-state index contributed by atoms with van der Waals surface area (Å²) < 4.78 is 58.5. The maximum Gasteiger partial charge on any atom is 0.475 e. The van der Waals surface area contributed by atoms with Crippen LogP contribution < -0.4 is 11.2 Å². The van der Waals surface area contributed by atoms with Crippen LogP contribution in [-0.4, -0.2) is 90.7 Å². The molecule has 0 amide bonds. The number of H-pyrrole nitrogens is 1. The highest BCUT2D eigenvalue weighted by Gasteiger charge is 2.59. The number of nitrogens with zero attached hydrogens (tertiary/aromatic N) is 5. The zero-order valence-electron chi connectivity index (χ0n) is 26.4. The molecule has 1 fully saturated rings. The van der Waals surface area contributed by atoms with Crippen LogP contribution in [0.25, 0.3) is 9.69 Å². The largest absolute Gasteiger partial charge is 0.475 e. The second kappa shape index (κ2) is 18.6. The molecular weight excluding hydrogens is 630 g/mol. The van der Waals surface area contributed by atoms with Gasteiger partial charge in [-0.25, -0.2) is 27.2 Å². The molecule has 45 heavy (non-hydrogen) atoms. The van der Waals surface area contributed by atoms with Crippen LogP contribution >= 0.6 is 16.3 Å². The SMILES string of the molecule is [C-]#[N+]CCOP(=O)(OCC[N+]#[C-])OC[C@@]1(CC)O[C@@H](n2ccc(=O)[nH]c2=O)C(OC)[C@H]1OP(OCCC#N)N(C(C)C)C(C)C. The quantitative estimate of drug-likeness (QED) is 0.121. The molecule has 250 valence electrons. The fraction of sp³-hybridized carbons (Fsp3) is 0.741. The number of nitrogens with one attached hydrogen (secondary N) is 1. The summed E-state index contributed by atoms with van der Waals surface area (Å²) in [7, 11) is -4.76. The van der Waals surface area contributed by atoms with Crippen molar-refractivity contribution < 1.29 is 36.7 Å². The van der Waals surface area contributed by atoms with E-state index in [-0.39, 0.29) is 57.8 Å². The average Bonchev–Trinajstić information content (AvgIpc) is 3.29. The van der Waals surface area contributed by atoms with Crippen molar-refractivity contribution in [2.75, 3.05) is 46.6 Å². The molecule has 0 saturated carbocycles. The van der Waals surface area contributed by atoms with Crippen molar-refractivity contribution in [3.63, 3.8) is 0 Å². The summed E-state index contributed by atoms with van der Waals surface area (Å²) >= 11 is 0. The van der Waals surface area contributed by atoms with Crippen LogP contribution in [0, 0.1) is 24.5 Å². The van der Waals surface area contributed by atoms with Gasteiger partial charge in [-0.15, -0.1) is 0 Å². The smallest absolute Gasteiger partial charge is 0.374 e. The second-order valence-corrected chi connectivity index (χ2v) is 13.4. The lowest BCUT2D eigenvalue weighted by molar-refractivity contribution is -0.128. The van der Waals surface area contributed by atoms with E-state index in [1.165, 1.54) is 13.3 Å². The number of phosphoric acid groups is 1. The Morgan fingerprint density at radius 3 is 2.27 bits per heavy atom. The van der Waals surface area contributed by atoms with Gasteiger partial charge in [-0.2, -0.15) is 5.26 Å². The summed E-state index contributed by atoms with van der Waals surface area (Å²) in [4.78, 5) is 33.3. The summed E-state index contributed by atoms with van der Waals surface area (Å²) in [5.41, 5.74) is -2.81. The van der Waals surface area contributed by atoms with E-state index >= 15 is 0 Å². The molecule has 1 aromatic heterocycles. The Bertz CT molecular complexity index is 1340. The van der Waals surface area contributed by atoms with Crippen LogP contribution in [0.1, 0.15) is 53.7 Å². The predicted molar refractivity (Wildman–Crippen MR) is 164 cm³/mol. The summed E-state index contributed by atoms with van der Waals surface area (Å²) in [5.74, 6) is 0. The standard InChI is InChI=1S/C27H42N6O10P2/c1-9-27(19-41-45(36,39-17-13-29-6)40-18-14-30-7)24(43-44(38-16-10-12-28)33(20(2)3)21(4)5)23(37-8)25(42-27)32-15-11-22(34)31-26(32)35/h11,15,20-21,23-25H,9-10,13-14,16-19H2,1-5,8H3,(H,31,34,35)/t23?,24-,25-,27-,44?/m1/s1. The predicted octanol–water partition coefficient (Wildman–Crippen LogP) is 3.89. The second-order valence-electron chi connectivity index (χ2n) is 10.4. The van der Waals surface area contributed by atoms with Crippen molar-refractivity contribution in [2.24, 2.45) is 0 Å². The summed E-state index contributed by atoms with van der Waals surface area (Å²) in [6.07, 6.45) is -1.57. The van der Waals surface area contributed by atoms with Gasteiger partial charge in [0.2, 0.25) is 13.1 Å². The van der Waals surface area contributed by atoms with E-state index in [1.807, 2.05) is 32.4 Å². The van der Waals surface area contributed by atoms with Crippen LogP contribution in [0.5, 0.6) is 0 Å². The van der Waals surface area contributed by atoms with Gasteiger partial charge in [0.1, 0.15) is 31.0 Å². The Hall–Kier alpha value is -2.51. The number of hydrogen-bond acceptors (Lipinski definition) is 12. The molecule has 16 nitrogen and oxygen atoms in total. The van der Waals surface area contributed by atoms with E-state index in [9.17, 15) is 14.2 Å². The van der Waals surface area contributed by atoms with Gasteiger partial charge in [-0.3, -0.25) is 27.9 Å². The van der Waals surface area contributed by atoms with Gasteiger partial charge in [0.05, 0.1) is 25.7 Å². The van der Waals surface area contributed by atoms with Gasteiger partial charge in [0.15, 0.2) is 6.23 Å². The minimum Gasteiger partial charge on any atom is -0.374 e. The Balaban J connectivity index is 2.63. The monoisotopic (exact) mass is 672 g/mol. The summed E-state index contributed by atoms with van der Waals surface area (Å²) in [5, 5.41) is 9.15. The van der Waals surface area contributed by atoms with Crippen molar-refractivity contribution in [1.29, 1.82) is 5.26 Å². The molecule has 1 aromatic rings. The van der Waals surface area contributed by atoms with E-state index < -0.39 is 58.2 Å². The highest BCUT2D eigenvalue weighted by atomic mass is 31.2. The number of phosphoric ester groups is 1. The molecule has 0 radical (unpaired) electrons. The fourth-order valence-electron chi connectivity index (χ4n) is 4.65. The third kappa shape index (κ3) is 10.5. The van der Waals surface area contributed by atoms with Crippen molar-refractivity contribution in [1.82, 2.24) is 14.2 Å². The molecule has 0 spiro atoms. The molecule has 2 unspecified atom stereocenters. The molecule has 1 saturated heterocycles. The topological polar surface area (TPSA) is 172 Å². The molecule has 1 N–H and O–H groups in total. The number of hydrogen-bond donors (Lipinski definition) is 1. The van der Waals surface area contributed by atoms with Gasteiger partial charge in [-0.05, 0) is 34.1 Å². The molecule has 5 atom stereocenters. The first-order valence-electron chi connectivity index (χ1n) is 14.4. The minimum atomic E-state index is -4.31. The first-order chi connectivity index (χ1) is 21.4. The zero-order chi connectivity index (χ0) is 33.6. The molecule has 0 aliphatic carbocycles. The third-order valence-electron chi connectivity index (χ3n) is 6.69. The summed E-state index contributed by atoms with van der Waals surface area (Å²) in [6, 6.07) is 3.14. The van der Waals surface area contributed by atoms with Gasteiger partial charge in [0.25, 0.3) is 14.1 Å². The van der Waals surface area contributed by atoms with Crippen LogP contribution in [0.2, 0.25) is 0 Å². The average molecular weight is 673 g/mol. The molecule has 2 rings (SSSR count). The van der Waals surface area contributed by atoms with Crippen LogP contribution in [-0.2, 0) is 36.7 Å². The third-order valence-corrected chi connectivity index (χ3v) is 10.2. The van der Waals surface area contributed by atoms with E-state index in [0.717, 1.165) is 10.6 Å². The first kappa shape index (κ1) is 38.7. The highest BCUT2D eigenvalue weighted by molar-refractivity contribution is 7.48. The van der Waals surface area contributed by atoms with Crippen molar-refractivity contribution in [2.45, 2.75) is 83.6 Å². The Morgan fingerprint density at radius 2 is 1.78 bits per heavy atom. The molecular formula is C27H42N6O10P2. The fourth-order valence-corrected chi connectivity index (χ4v) is 7.68. The maximum absolute atomic E-state index is 13.6. The Labute approximate surface area is 264 Å². The lowest BCUT2D eigenvalue weighted by Crippen LogP contribution is -2.49. The molecule has 2 heterocycles. The van der Waals surface area contributed by atoms with E-state index in [4.69, 9.17) is 50.5 Å². The minimum absolute atomic E-state index is 0.0432. The molecule has 1 aliphatic rings. The molecule has 18 heteroatoms. The van der Waals surface area contributed by atoms with E-state index in [1.54, 1.807) is 6.92 Å². The van der Waals surface area contributed by atoms with Crippen LogP contribution in [0.15, 0.2) is 21.9 Å². The van der Waals surface area contributed by atoms with Crippen LogP contribution in [0.4, 0.5) is 0 Å². The normalized spacial score (nSPS) is 22.4. The number of aromatic amines is 1. The van der Waals surface area contributed by atoms with Crippen molar-refractivity contribution >= 4 is 16.3 Å².